The zero-order valence-corrected chi connectivity index (χ0v) is 6.93. The van der Waals surface area contributed by atoms with E-state index in [4.69, 9.17) is 20.1 Å². The summed E-state index contributed by atoms with van der Waals surface area (Å²) in [5, 5.41) is 25.5. The summed E-state index contributed by atoms with van der Waals surface area (Å²) in [7, 11) is 0. The lowest BCUT2D eigenvalue weighted by atomic mass is 10.3. The minimum atomic E-state index is -0.944. The lowest BCUT2D eigenvalue weighted by Gasteiger charge is -2.12. The highest BCUT2D eigenvalue weighted by molar-refractivity contribution is 5.67. The van der Waals surface area contributed by atoms with Crippen LogP contribution in [-0.2, 0) is 9.53 Å². The Morgan fingerprint density at radius 1 is 1.58 bits per heavy atom. The van der Waals surface area contributed by atoms with Crippen molar-refractivity contribution in [2.75, 3.05) is 13.2 Å². The second-order valence-electron chi connectivity index (χ2n) is 2.58. The third-order valence-corrected chi connectivity index (χ3v) is 1.25. The first-order chi connectivity index (χ1) is 5.56. The topological polar surface area (TPSA) is 87.0 Å². The molecule has 0 aliphatic heterocycles. The average Bonchev–Trinajstić information content (AvgIpc) is 1.99. The van der Waals surface area contributed by atoms with E-state index in [9.17, 15) is 4.79 Å². The second-order valence-corrected chi connectivity index (χ2v) is 2.58. The summed E-state index contributed by atoms with van der Waals surface area (Å²) in [6, 6.07) is 0. The molecule has 1 unspecified atom stereocenters. The molecule has 5 nitrogen and oxygen atoms in total. The number of ether oxygens (including phenoxy) is 1. The molecule has 2 atom stereocenters. The number of carboxylic acids is 1. The van der Waals surface area contributed by atoms with Crippen molar-refractivity contribution in [3.8, 4) is 0 Å². The van der Waals surface area contributed by atoms with Gasteiger partial charge >= 0.3 is 5.97 Å². The maximum Gasteiger partial charge on any atom is 0.305 e. The van der Waals surface area contributed by atoms with Gasteiger partial charge in [0.05, 0.1) is 25.7 Å². The normalized spacial score (nSPS) is 15.6. The zero-order valence-electron chi connectivity index (χ0n) is 6.93. The van der Waals surface area contributed by atoms with Crippen molar-refractivity contribution < 1.29 is 24.9 Å². The van der Waals surface area contributed by atoms with Gasteiger partial charge in [-0.1, -0.05) is 0 Å². The molecule has 0 aliphatic carbocycles. The van der Waals surface area contributed by atoms with E-state index < -0.39 is 18.2 Å². The Labute approximate surface area is 70.6 Å². The van der Waals surface area contributed by atoms with Crippen molar-refractivity contribution in [1.29, 1.82) is 0 Å². The van der Waals surface area contributed by atoms with Crippen LogP contribution in [0.4, 0.5) is 0 Å². The number of aliphatic carboxylic acids is 1. The Balaban J connectivity index is 3.43. The highest BCUT2D eigenvalue weighted by Crippen LogP contribution is 1.98. The molecule has 0 saturated heterocycles. The maximum absolute atomic E-state index is 10.1. The summed E-state index contributed by atoms with van der Waals surface area (Å²) >= 11 is 0. The predicted octanol–water partition coefficient (Wildman–Crippen LogP) is -0.781. The summed E-state index contributed by atoms with van der Waals surface area (Å²) in [6.45, 7) is 1.18. The van der Waals surface area contributed by atoms with E-state index in [-0.39, 0.29) is 19.6 Å². The Hall–Kier alpha value is -0.650. The number of rotatable bonds is 6. The van der Waals surface area contributed by atoms with Gasteiger partial charge in [0, 0.05) is 0 Å². The standard InChI is InChI=1S/C7H14O5/c1-5(2-7(10)11)12-4-6(9)3-8/h5-6,8-9H,2-4H2,1H3,(H,10,11)/t5-,6?/m1/s1. The van der Waals surface area contributed by atoms with Crippen molar-refractivity contribution in [3.63, 3.8) is 0 Å². The second kappa shape index (κ2) is 5.93. The summed E-state index contributed by atoms with van der Waals surface area (Å²) in [4.78, 5) is 10.1. The molecule has 0 saturated carbocycles. The van der Waals surface area contributed by atoms with Gasteiger partial charge in [0.15, 0.2) is 0 Å². The Morgan fingerprint density at radius 3 is 2.58 bits per heavy atom. The highest BCUT2D eigenvalue weighted by atomic mass is 16.5. The van der Waals surface area contributed by atoms with Gasteiger partial charge in [-0.25, -0.2) is 0 Å². The van der Waals surface area contributed by atoms with Gasteiger partial charge in [0.1, 0.15) is 6.10 Å². The van der Waals surface area contributed by atoms with Gasteiger partial charge < -0.3 is 20.1 Å². The predicted molar refractivity (Wildman–Crippen MR) is 40.8 cm³/mol. The van der Waals surface area contributed by atoms with Gasteiger partial charge in [-0.05, 0) is 6.92 Å². The first-order valence-corrected chi connectivity index (χ1v) is 3.68. The molecule has 0 aliphatic rings. The van der Waals surface area contributed by atoms with E-state index in [1.165, 1.54) is 0 Å². The van der Waals surface area contributed by atoms with Gasteiger partial charge in [-0.3, -0.25) is 4.79 Å². The van der Waals surface area contributed by atoms with Crippen LogP contribution in [0.3, 0.4) is 0 Å². The van der Waals surface area contributed by atoms with Crippen LogP contribution in [0.5, 0.6) is 0 Å². The number of hydrogen-bond acceptors (Lipinski definition) is 4. The summed E-state index contributed by atoms with van der Waals surface area (Å²) < 4.78 is 4.91. The molecule has 0 fully saturated rings. The van der Waals surface area contributed by atoms with Crippen LogP contribution in [0.1, 0.15) is 13.3 Å². The summed E-state index contributed by atoms with van der Waals surface area (Å²) in [5.41, 5.74) is 0. The van der Waals surface area contributed by atoms with Crippen LogP contribution in [0.2, 0.25) is 0 Å². The molecule has 0 aromatic heterocycles. The van der Waals surface area contributed by atoms with Gasteiger partial charge in [0.25, 0.3) is 0 Å². The van der Waals surface area contributed by atoms with E-state index >= 15 is 0 Å². The van der Waals surface area contributed by atoms with Crippen LogP contribution in [-0.4, -0.2) is 46.7 Å². The molecule has 3 N–H and O–H groups in total. The van der Waals surface area contributed by atoms with Crippen molar-refractivity contribution >= 4 is 5.97 Å². The molecular formula is C7H14O5. The maximum atomic E-state index is 10.1. The largest absolute Gasteiger partial charge is 0.481 e. The molecular weight excluding hydrogens is 164 g/mol. The van der Waals surface area contributed by atoms with E-state index in [1.807, 2.05) is 0 Å². The van der Waals surface area contributed by atoms with Gasteiger partial charge in [-0.2, -0.15) is 0 Å². The van der Waals surface area contributed by atoms with Crippen LogP contribution < -0.4 is 0 Å². The molecule has 0 amide bonds. The minimum absolute atomic E-state index is 0.0368. The molecule has 0 aromatic carbocycles. The van der Waals surface area contributed by atoms with Crippen molar-refractivity contribution in [2.24, 2.45) is 0 Å². The van der Waals surface area contributed by atoms with Crippen LogP contribution in [0.25, 0.3) is 0 Å². The fourth-order valence-electron chi connectivity index (χ4n) is 0.633. The van der Waals surface area contributed by atoms with E-state index in [2.05, 4.69) is 0 Å². The van der Waals surface area contributed by atoms with Crippen molar-refractivity contribution in [2.45, 2.75) is 25.6 Å². The third kappa shape index (κ3) is 6.09. The number of aliphatic hydroxyl groups is 2. The van der Waals surface area contributed by atoms with E-state index in [0.717, 1.165) is 0 Å². The molecule has 72 valence electrons. The first-order valence-electron chi connectivity index (χ1n) is 3.68. The van der Waals surface area contributed by atoms with Crippen molar-refractivity contribution in [3.05, 3.63) is 0 Å². The Morgan fingerprint density at radius 2 is 2.17 bits per heavy atom. The fourth-order valence-corrected chi connectivity index (χ4v) is 0.633. The van der Waals surface area contributed by atoms with Crippen LogP contribution in [0.15, 0.2) is 0 Å². The van der Waals surface area contributed by atoms with Crippen LogP contribution >= 0.6 is 0 Å². The molecule has 0 spiro atoms. The lowest BCUT2D eigenvalue weighted by Crippen LogP contribution is -2.24. The van der Waals surface area contributed by atoms with E-state index in [1.54, 1.807) is 6.92 Å². The van der Waals surface area contributed by atoms with Gasteiger partial charge in [-0.15, -0.1) is 0 Å². The quantitative estimate of drug-likeness (QED) is 0.496. The Kier molecular flexibility index (Phi) is 5.61. The zero-order chi connectivity index (χ0) is 9.56. The summed E-state index contributed by atoms with van der Waals surface area (Å²) in [6.07, 6.45) is -1.47. The summed E-state index contributed by atoms with van der Waals surface area (Å²) in [5.74, 6) is -0.944. The molecule has 0 heterocycles. The SMILES string of the molecule is C[C@H](CC(=O)O)OCC(O)CO. The molecule has 5 heteroatoms. The number of hydrogen-bond donors (Lipinski definition) is 3. The number of aliphatic hydroxyl groups excluding tert-OH is 2. The monoisotopic (exact) mass is 178 g/mol. The number of carbonyl (C=O) groups is 1. The highest BCUT2D eigenvalue weighted by Gasteiger charge is 2.09. The molecule has 0 bridgehead atoms. The minimum Gasteiger partial charge on any atom is -0.481 e. The molecule has 12 heavy (non-hydrogen) atoms. The first kappa shape index (κ1) is 11.4. The smallest absolute Gasteiger partial charge is 0.305 e. The molecule has 0 aromatic rings. The lowest BCUT2D eigenvalue weighted by molar-refractivity contribution is -0.140. The molecule has 0 radical (unpaired) electrons. The number of carboxylic acid groups (broad SMARTS) is 1. The average molecular weight is 178 g/mol. The molecule has 0 rings (SSSR count). The van der Waals surface area contributed by atoms with Gasteiger partial charge in [0.2, 0.25) is 0 Å². The van der Waals surface area contributed by atoms with Crippen molar-refractivity contribution in [1.82, 2.24) is 0 Å². The Bertz CT molecular complexity index is 136. The fraction of sp³-hybridized carbons (Fsp3) is 0.857. The van der Waals surface area contributed by atoms with E-state index in [0.29, 0.717) is 0 Å². The van der Waals surface area contributed by atoms with Crippen LogP contribution in [0, 0.1) is 0 Å². The third-order valence-electron chi connectivity index (χ3n) is 1.25.